The third-order valence-corrected chi connectivity index (χ3v) is 4.81. The Balaban J connectivity index is 2.59. The number of phenols is 1. The number of cyclic esters (lactones) is 1. The Bertz CT molecular complexity index is 809. The molecule has 152 valence electrons. The molecule has 0 saturated heterocycles. The van der Waals surface area contributed by atoms with Crippen LogP contribution in [0.2, 0.25) is 0 Å². The molecule has 0 aromatic heterocycles. The lowest BCUT2D eigenvalue weighted by Crippen LogP contribution is -2.32. The molecule has 7 heteroatoms. The van der Waals surface area contributed by atoms with E-state index in [4.69, 9.17) is 9.47 Å². The summed E-state index contributed by atoms with van der Waals surface area (Å²) in [6.07, 6.45) is 2.15. The largest absolute Gasteiger partial charge is 0.507 e. The Hall–Kier alpha value is -2.64. The maximum Gasteiger partial charge on any atom is 0.342 e. The van der Waals surface area contributed by atoms with Crippen LogP contribution in [0, 0.1) is 12.8 Å². The minimum absolute atomic E-state index is 0.0426. The van der Waals surface area contributed by atoms with E-state index in [0.717, 1.165) is 0 Å². The average molecular weight is 390 g/mol. The molecule has 1 aliphatic heterocycles. The molecular formula is C21H26O7. The standard InChI is InChI=1S/C21H26O7/c1-11-8-9-16(23)19(25)15(22)7-5-6-14-18(21(26)28-13(11)3)17(24)10-12(2)20(14)27-4/h5-6,8-11,13,15,19,22,24-25H,7H2,1-4H3/b6-5+,9-8-/t11-,13-,15-,19-/m0/s1. The number of aliphatic hydroxyl groups is 2. The number of rotatable bonds is 1. The number of aliphatic hydroxyl groups excluding tert-OH is 2. The third-order valence-electron chi connectivity index (χ3n) is 4.81. The molecule has 7 nitrogen and oxygen atoms in total. The third kappa shape index (κ3) is 4.61. The highest BCUT2D eigenvalue weighted by atomic mass is 16.5. The van der Waals surface area contributed by atoms with Gasteiger partial charge in [-0.05, 0) is 38.0 Å². The average Bonchev–Trinajstić information content (AvgIpc) is 2.63. The van der Waals surface area contributed by atoms with Crippen LogP contribution in [0.25, 0.3) is 6.08 Å². The molecule has 2 rings (SSSR count). The fourth-order valence-electron chi connectivity index (χ4n) is 2.93. The number of benzene rings is 1. The molecule has 28 heavy (non-hydrogen) atoms. The molecule has 0 fully saturated rings. The minimum atomic E-state index is -1.57. The number of carbonyl (C=O) groups is 2. The molecule has 1 heterocycles. The molecule has 3 N–H and O–H groups in total. The SMILES string of the molecule is COc1c(C)cc(O)c2c1/C=C/C[C@H](O)[C@H](O)C(=O)/C=C\[C@H](C)[C@H](C)OC2=O. The molecule has 1 aliphatic rings. The van der Waals surface area contributed by atoms with E-state index in [1.54, 1.807) is 20.8 Å². The summed E-state index contributed by atoms with van der Waals surface area (Å²) < 4.78 is 10.9. The summed E-state index contributed by atoms with van der Waals surface area (Å²) >= 11 is 0. The highest BCUT2D eigenvalue weighted by Gasteiger charge is 2.26. The number of ether oxygens (including phenoxy) is 2. The fourth-order valence-corrected chi connectivity index (χ4v) is 2.93. The number of esters is 1. The summed E-state index contributed by atoms with van der Waals surface area (Å²) in [5, 5.41) is 30.5. The summed E-state index contributed by atoms with van der Waals surface area (Å²) in [6.45, 7) is 5.12. The van der Waals surface area contributed by atoms with Crippen molar-refractivity contribution in [2.45, 2.75) is 45.5 Å². The monoisotopic (exact) mass is 390 g/mol. The zero-order valence-corrected chi connectivity index (χ0v) is 16.4. The van der Waals surface area contributed by atoms with E-state index < -0.39 is 30.1 Å². The van der Waals surface area contributed by atoms with Gasteiger partial charge in [-0.15, -0.1) is 0 Å². The van der Waals surface area contributed by atoms with Gasteiger partial charge in [-0.1, -0.05) is 25.2 Å². The van der Waals surface area contributed by atoms with Crippen molar-refractivity contribution >= 4 is 17.8 Å². The van der Waals surface area contributed by atoms with Gasteiger partial charge < -0.3 is 24.8 Å². The summed E-state index contributed by atoms with van der Waals surface area (Å²) in [6, 6.07) is 1.42. The quantitative estimate of drug-likeness (QED) is 0.630. The Morgan fingerprint density at radius 2 is 1.86 bits per heavy atom. The Kier molecular flexibility index (Phi) is 6.99. The van der Waals surface area contributed by atoms with Crippen molar-refractivity contribution in [1.82, 2.24) is 0 Å². The normalized spacial score (nSPS) is 28.6. The second-order valence-corrected chi connectivity index (χ2v) is 6.92. The van der Waals surface area contributed by atoms with E-state index in [1.807, 2.05) is 0 Å². The van der Waals surface area contributed by atoms with Gasteiger partial charge in [-0.25, -0.2) is 4.79 Å². The molecule has 1 aromatic rings. The first-order valence-electron chi connectivity index (χ1n) is 9.03. The van der Waals surface area contributed by atoms with Crippen molar-refractivity contribution in [2.24, 2.45) is 5.92 Å². The van der Waals surface area contributed by atoms with Gasteiger partial charge in [0.2, 0.25) is 0 Å². The van der Waals surface area contributed by atoms with Crippen LogP contribution in [-0.4, -0.2) is 52.5 Å². The topological polar surface area (TPSA) is 113 Å². The molecule has 1 aromatic carbocycles. The molecule has 0 unspecified atom stereocenters. The van der Waals surface area contributed by atoms with Crippen LogP contribution in [-0.2, 0) is 9.53 Å². The lowest BCUT2D eigenvalue weighted by Gasteiger charge is -2.21. The smallest absolute Gasteiger partial charge is 0.342 e. The Morgan fingerprint density at radius 1 is 1.18 bits per heavy atom. The molecule has 0 radical (unpaired) electrons. The first kappa shape index (κ1) is 21.7. The van der Waals surface area contributed by atoms with Crippen LogP contribution in [0.1, 0.15) is 41.8 Å². The van der Waals surface area contributed by atoms with Gasteiger partial charge in [0.15, 0.2) is 5.78 Å². The van der Waals surface area contributed by atoms with Crippen LogP contribution in [0.3, 0.4) is 0 Å². The second kappa shape index (κ2) is 9.03. The number of hydrogen-bond donors (Lipinski definition) is 3. The van der Waals surface area contributed by atoms with E-state index in [2.05, 4.69) is 0 Å². The predicted octanol–water partition coefficient (Wildman–Crippen LogP) is 2.15. The number of methoxy groups -OCH3 is 1. The second-order valence-electron chi connectivity index (χ2n) is 6.92. The van der Waals surface area contributed by atoms with Gasteiger partial charge in [0.05, 0.1) is 13.2 Å². The van der Waals surface area contributed by atoms with Crippen molar-refractivity contribution in [3.05, 3.63) is 41.0 Å². The van der Waals surface area contributed by atoms with Gasteiger partial charge in [0, 0.05) is 11.5 Å². The summed E-state index contributed by atoms with van der Waals surface area (Å²) in [5.41, 5.74) is 0.854. The first-order chi connectivity index (χ1) is 13.2. The molecule has 0 saturated carbocycles. The van der Waals surface area contributed by atoms with Gasteiger partial charge in [0.1, 0.15) is 29.3 Å². The summed E-state index contributed by atoms with van der Waals surface area (Å²) in [7, 11) is 1.44. The van der Waals surface area contributed by atoms with Gasteiger partial charge >= 0.3 is 5.97 Å². The maximum atomic E-state index is 12.8. The van der Waals surface area contributed by atoms with E-state index in [-0.39, 0.29) is 23.7 Å². The van der Waals surface area contributed by atoms with Gasteiger partial charge in [0.25, 0.3) is 0 Å². The first-order valence-corrected chi connectivity index (χ1v) is 9.03. The van der Waals surface area contributed by atoms with Crippen LogP contribution < -0.4 is 4.74 Å². The summed E-state index contributed by atoms with van der Waals surface area (Å²) in [5.74, 6) is -1.57. The predicted molar refractivity (Wildman–Crippen MR) is 103 cm³/mol. The zero-order valence-electron chi connectivity index (χ0n) is 16.4. The molecule has 0 aliphatic carbocycles. The van der Waals surface area contributed by atoms with E-state index in [9.17, 15) is 24.9 Å². The maximum absolute atomic E-state index is 12.8. The molecule has 0 amide bonds. The van der Waals surface area contributed by atoms with Crippen LogP contribution in [0.15, 0.2) is 24.3 Å². The molecular weight excluding hydrogens is 364 g/mol. The molecule has 0 spiro atoms. The molecule has 0 bridgehead atoms. The number of ketones is 1. The van der Waals surface area contributed by atoms with E-state index >= 15 is 0 Å². The highest BCUT2D eigenvalue weighted by molar-refractivity contribution is 5.98. The number of carbonyl (C=O) groups excluding carboxylic acids is 2. The van der Waals surface area contributed by atoms with Crippen LogP contribution >= 0.6 is 0 Å². The number of aryl methyl sites for hydroxylation is 1. The number of fused-ring (bicyclic) bond motifs is 1. The van der Waals surface area contributed by atoms with Crippen molar-refractivity contribution in [3.8, 4) is 11.5 Å². The van der Waals surface area contributed by atoms with Crippen molar-refractivity contribution < 1.29 is 34.4 Å². The highest BCUT2D eigenvalue weighted by Crippen LogP contribution is 2.35. The number of aromatic hydroxyl groups is 1. The van der Waals surface area contributed by atoms with Crippen molar-refractivity contribution in [3.63, 3.8) is 0 Å². The van der Waals surface area contributed by atoms with E-state index in [1.165, 1.54) is 37.5 Å². The fraction of sp³-hybridized carbons (Fsp3) is 0.429. The van der Waals surface area contributed by atoms with Crippen LogP contribution in [0.5, 0.6) is 11.5 Å². The zero-order chi connectivity index (χ0) is 21.0. The number of hydrogen-bond acceptors (Lipinski definition) is 7. The van der Waals surface area contributed by atoms with E-state index in [0.29, 0.717) is 16.9 Å². The lowest BCUT2D eigenvalue weighted by atomic mass is 9.98. The number of phenolic OH excluding ortho intramolecular Hbond substituents is 1. The van der Waals surface area contributed by atoms with Crippen molar-refractivity contribution in [2.75, 3.05) is 7.11 Å². The van der Waals surface area contributed by atoms with Crippen molar-refractivity contribution in [1.29, 1.82) is 0 Å². The summed E-state index contributed by atoms with van der Waals surface area (Å²) in [4.78, 5) is 24.8. The lowest BCUT2D eigenvalue weighted by molar-refractivity contribution is -0.127. The molecule has 4 atom stereocenters. The van der Waals surface area contributed by atoms with Gasteiger partial charge in [-0.2, -0.15) is 0 Å². The van der Waals surface area contributed by atoms with Gasteiger partial charge in [-0.3, -0.25) is 4.79 Å². The van der Waals surface area contributed by atoms with Crippen LogP contribution in [0.4, 0.5) is 0 Å². The minimum Gasteiger partial charge on any atom is -0.507 e. The Morgan fingerprint density at radius 3 is 2.50 bits per heavy atom. The Labute approximate surface area is 163 Å².